The van der Waals surface area contributed by atoms with Gasteiger partial charge in [0, 0.05) is 5.92 Å². The fourth-order valence-electron chi connectivity index (χ4n) is 3.23. The van der Waals surface area contributed by atoms with E-state index >= 15 is 0 Å². The Kier molecular flexibility index (Phi) is 6.82. The molecular formula is C24H24N4O5S2. The van der Waals surface area contributed by atoms with Crippen molar-refractivity contribution in [1.29, 1.82) is 5.41 Å². The lowest BCUT2D eigenvalue weighted by atomic mass is 10.1. The van der Waals surface area contributed by atoms with Crippen molar-refractivity contribution in [2.45, 2.75) is 32.6 Å². The van der Waals surface area contributed by atoms with E-state index in [1.807, 2.05) is 20.8 Å². The summed E-state index contributed by atoms with van der Waals surface area (Å²) in [5, 5.41) is 15.4. The molecule has 1 N–H and O–H groups in total. The summed E-state index contributed by atoms with van der Waals surface area (Å²) >= 11 is 1.28. The predicted molar refractivity (Wildman–Crippen MR) is 136 cm³/mol. The lowest BCUT2D eigenvalue weighted by molar-refractivity contribution is -0.114. The number of aryl methyl sites for hydroxylation is 1. The third kappa shape index (κ3) is 5.15. The van der Waals surface area contributed by atoms with Crippen LogP contribution in [0.2, 0.25) is 0 Å². The summed E-state index contributed by atoms with van der Waals surface area (Å²) in [5.41, 5.74) is 1.50. The topological polar surface area (TPSA) is 121 Å². The molecule has 0 aliphatic carbocycles. The number of fused-ring (bicyclic) bond motifs is 1. The third-order valence-electron chi connectivity index (χ3n) is 5.05. The summed E-state index contributed by atoms with van der Waals surface area (Å²) < 4.78 is 36.4. The van der Waals surface area contributed by atoms with Gasteiger partial charge in [0.1, 0.15) is 9.94 Å². The second kappa shape index (κ2) is 9.67. The molecule has 35 heavy (non-hydrogen) atoms. The molecule has 2 aliphatic heterocycles. The molecule has 0 spiro atoms. The Morgan fingerprint density at radius 1 is 1.14 bits per heavy atom. The molecule has 0 bridgehead atoms. The van der Waals surface area contributed by atoms with Gasteiger partial charge in [0.2, 0.25) is 5.17 Å². The van der Waals surface area contributed by atoms with E-state index in [4.69, 9.17) is 14.3 Å². The van der Waals surface area contributed by atoms with Gasteiger partial charge in [0.05, 0.1) is 12.2 Å². The lowest BCUT2D eigenvalue weighted by Crippen LogP contribution is -2.35. The number of carbonyl (C=O) groups is 1. The number of hydrogen-bond acceptors (Lipinski definition) is 8. The number of aliphatic imine (C=N–C) groups is 1. The molecule has 2 aliphatic rings. The number of hydrazone groups is 1. The number of nitrogens with one attached hydrogen (secondary N) is 1. The molecule has 182 valence electrons. The van der Waals surface area contributed by atoms with Gasteiger partial charge in [0.25, 0.3) is 5.91 Å². The number of thioether (sulfide) groups is 1. The maximum Gasteiger partial charge on any atom is 0.339 e. The highest BCUT2D eigenvalue weighted by molar-refractivity contribution is 8.27. The van der Waals surface area contributed by atoms with Gasteiger partial charge in [-0.05, 0) is 61.5 Å². The first-order valence-corrected chi connectivity index (χ1v) is 13.1. The zero-order valence-electron chi connectivity index (χ0n) is 19.6. The first-order valence-electron chi connectivity index (χ1n) is 10.9. The molecule has 2 aromatic carbocycles. The highest BCUT2D eigenvalue weighted by Gasteiger charge is 2.36. The summed E-state index contributed by atoms with van der Waals surface area (Å²) in [6.07, 6.45) is 1.50. The third-order valence-corrected chi connectivity index (χ3v) is 7.51. The molecule has 0 fully saturated rings. The summed E-state index contributed by atoms with van der Waals surface area (Å²) in [7, 11) is -4.08. The van der Waals surface area contributed by atoms with Gasteiger partial charge in [-0.15, -0.1) is 0 Å². The standard InChI is InChI=1S/C24H24N4O5S2/c1-5-32-20-13-16(8-11-19(20)33-35(30,31)17-9-6-15(4)7-10-17)12-18-21(25)28-24(26-22(18)29)34-23(27-28)14(2)3/h6-14,25H,5H2,1-4H3/b18-12+,25-21?. The number of benzene rings is 2. The van der Waals surface area contributed by atoms with E-state index in [1.165, 1.54) is 41.0 Å². The van der Waals surface area contributed by atoms with E-state index in [2.05, 4.69) is 10.1 Å². The second-order valence-electron chi connectivity index (χ2n) is 8.10. The van der Waals surface area contributed by atoms with Crippen LogP contribution in [0.3, 0.4) is 0 Å². The van der Waals surface area contributed by atoms with Gasteiger partial charge in [-0.3, -0.25) is 10.2 Å². The van der Waals surface area contributed by atoms with Gasteiger partial charge in [0.15, 0.2) is 17.3 Å². The number of carbonyl (C=O) groups excluding carboxylic acids is 1. The molecular weight excluding hydrogens is 488 g/mol. The van der Waals surface area contributed by atoms with Crippen molar-refractivity contribution in [1.82, 2.24) is 5.01 Å². The first kappa shape index (κ1) is 24.7. The summed E-state index contributed by atoms with van der Waals surface area (Å²) in [6, 6.07) is 10.9. The van der Waals surface area contributed by atoms with E-state index in [9.17, 15) is 13.2 Å². The van der Waals surface area contributed by atoms with E-state index in [1.54, 1.807) is 31.2 Å². The van der Waals surface area contributed by atoms with Gasteiger partial charge >= 0.3 is 10.1 Å². The lowest BCUT2D eigenvalue weighted by Gasteiger charge is -2.20. The van der Waals surface area contributed by atoms with E-state index in [-0.39, 0.29) is 40.3 Å². The van der Waals surface area contributed by atoms with Crippen LogP contribution in [0.15, 0.2) is 63.0 Å². The van der Waals surface area contributed by atoms with Crippen LogP contribution in [-0.4, -0.2) is 42.0 Å². The van der Waals surface area contributed by atoms with Crippen molar-refractivity contribution >= 4 is 49.9 Å². The zero-order chi connectivity index (χ0) is 25.3. The Balaban J connectivity index is 1.65. The number of amidine groups is 2. The first-order chi connectivity index (χ1) is 16.6. The predicted octanol–water partition coefficient (Wildman–Crippen LogP) is 4.44. The van der Waals surface area contributed by atoms with Crippen molar-refractivity contribution < 1.29 is 22.1 Å². The second-order valence-corrected chi connectivity index (χ2v) is 10.6. The SMILES string of the molecule is CCOc1cc(/C=C2\C(=N)N3N=C(C(C)C)SC3=NC2=O)ccc1OS(=O)(=O)c1ccc(C)cc1. The number of nitrogens with zero attached hydrogens (tertiary/aromatic N) is 3. The van der Waals surface area contributed by atoms with Gasteiger partial charge < -0.3 is 8.92 Å². The molecule has 0 unspecified atom stereocenters. The normalized spacial score (nSPS) is 16.9. The molecule has 4 rings (SSSR count). The summed E-state index contributed by atoms with van der Waals surface area (Å²) in [5.74, 6) is -0.283. The van der Waals surface area contributed by atoms with Crippen LogP contribution in [-0.2, 0) is 14.9 Å². The number of amides is 1. The maximum absolute atomic E-state index is 12.7. The van der Waals surface area contributed by atoms with Crippen LogP contribution in [0.25, 0.3) is 6.08 Å². The molecule has 0 radical (unpaired) electrons. The zero-order valence-corrected chi connectivity index (χ0v) is 21.2. The average Bonchev–Trinajstić information content (AvgIpc) is 3.23. The minimum absolute atomic E-state index is 0.0158. The Morgan fingerprint density at radius 2 is 1.86 bits per heavy atom. The summed E-state index contributed by atoms with van der Waals surface area (Å²) in [6.45, 7) is 7.84. The Hall–Kier alpha value is -3.44. The Morgan fingerprint density at radius 3 is 2.51 bits per heavy atom. The van der Waals surface area contributed by atoms with Crippen molar-refractivity contribution in [2.24, 2.45) is 16.0 Å². The minimum atomic E-state index is -4.08. The van der Waals surface area contributed by atoms with Crippen LogP contribution < -0.4 is 8.92 Å². The largest absolute Gasteiger partial charge is 0.490 e. The molecule has 0 atom stereocenters. The highest BCUT2D eigenvalue weighted by Crippen LogP contribution is 2.34. The van der Waals surface area contributed by atoms with Crippen LogP contribution in [0.5, 0.6) is 11.5 Å². The van der Waals surface area contributed by atoms with Crippen LogP contribution >= 0.6 is 11.8 Å². The van der Waals surface area contributed by atoms with E-state index in [0.29, 0.717) is 10.7 Å². The van der Waals surface area contributed by atoms with Crippen molar-refractivity contribution in [3.8, 4) is 11.5 Å². The van der Waals surface area contributed by atoms with E-state index < -0.39 is 16.0 Å². The van der Waals surface area contributed by atoms with Gasteiger partial charge in [-0.25, -0.2) is 0 Å². The quantitative estimate of drug-likeness (QED) is 0.430. The minimum Gasteiger partial charge on any atom is -0.490 e. The Bertz CT molecular complexity index is 1390. The van der Waals surface area contributed by atoms with Crippen LogP contribution in [0, 0.1) is 18.3 Å². The molecule has 11 heteroatoms. The fourth-order valence-corrected chi connectivity index (χ4v) is 5.06. The van der Waals surface area contributed by atoms with Crippen molar-refractivity contribution in [2.75, 3.05) is 6.61 Å². The average molecular weight is 513 g/mol. The smallest absolute Gasteiger partial charge is 0.339 e. The summed E-state index contributed by atoms with van der Waals surface area (Å²) in [4.78, 5) is 16.8. The monoisotopic (exact) mass is 512 g/mol. The number of rotatable bonds is 7. The molecule has 9 nitrogen and oxygen atoms in total. The number of ether oxygens (including phenoxy) is 1. The molecule has 2 heterocycles. The maximum atomic E-state index is 12.7. The van der Waals surface area contributed by atoms with E-state index in [0.717, 1.165) is 10.6 Å². The highest BCUT2D eigenvalue weighted by atomic mass is 32.2. The van der Waals surface area contributed by atoms with Gasteiger partial charge in [-0.2, -0.15) is 23.5 Å². The molecule has 0 saturated carbocycles. The van der Waals surface area contributed by atoms with Crippen molar-refractivity contribution in [3.63, 3.8) is 0 Å². The molecule has 0 aromatic heterocycles. The molecule has 0 saturated heterocycles. The Labute approximate surface area is 208 Å². The van der Waals surface area contributed by atoms with Crippen LogP contribution in [0.1, 0.15) is 31.9 Å². The number of hydrogen-bond donors (Lipinski definition) is 1. The van der Waals surface area contributed by atoms with Gasteiger partial charge in [-0.1, -0.05) is 37.6 Å². The molecule has 2 aromatic rings. The van der Waals surface area contributed by atoms with Crippen molar-refractivity contribution in [3.05, 3.63) is 59.2 Å². The molecule has 1 amide bonds. The fraction of sp³-hybridized carbons (Fsp3) is 0.250. The van der Waals surface area contributed by atoms with Crippen LogP contribution in [0.4, 0.5) is 0 Å².